The summed E-state index contributed by atoms with van der Waals surface area (Å²) in [5.41, 5.74) is -3.49. The molecule has 0 aliphatic heterocycles. The SMILES string of the molecule is Cn1c(C(F)(F)F)cc(=O)n(-c2ccc(Cl)c(C=NO)c2)c1=O. The van der Waals surface area contributed by atoms with Crippen LogP contribution in [0.25, 0.3) is 5.69 Å². The van der Waals surface area contributed by atoms with Crippen molar-refractivity contribution in [1.82, 2.24) is 9.13 Å². The lowest BCUT2D eigenvalue weighted by atomic mass is 10.2. The average molecular weight is 348 g/mol. The van der Waals surface area contributed by atoms with Gasteiger partial charge < -0.3 is 5.21 Å². The Hall–Kier alpha value is -2.55. The van der Waals surface area contributed by atoms with Gasteiger partial charge in [0, 0.05) is 23.7 Å². The summed E-state index contributed by atoms with van der Waals surface area (Å²) in [5, 5.41) is 11.5. The van der Waals surface area contributed by atoms with Crippen LogP contribution in [0.1, 0.15) is 11.3 Å². The van der Waals surface area contributed by atoms with Crippen LogP contribution in [0.5, 0.6) is 0 Å². The summed E-state index contributed by atoms with van der Waals surface area (Å²) in [6.07, 6.45) is -3.87. The smallest absolute Gasteiger partial charge is 0.411 e. The highest BCUT2D eigenvalue weighted by molar-refractivity contribution is 6.33. The highest BCUT2D eigenvalue weighted by Crippen LogP contribution is 2.27. The van der Waals surface area contributed by atoms with Crippen molar-refractivity contribution in [1.29, 1.82) is 0 Å². The summed E-state index contributed by atoms with van der Waals surface area (Å²) in [6.45, 7) is 0. The van der Waals surface area contributed by atoms with Crippen LogP contribution in [-0.4, -0.2) is 20.6 Å². The lowest BCUT2D eigenvalue weighted by Crippen LogP contribution is -2.40. The third kappa shape index (κ3) is 3.14. The molecule has 10 heteroatoms. The summed E-state index contributed by atoms with van der Waals surface area (Å²) >= 11 is 5.84. The summed E-state index contributed by atoms with van der Waals surface area (Å²) in [5.74, 6) is 0. The van der Waals surface area contributed by atoms with Crippen LogP contribution in [0.4, 0.5) is 13.2 Å². The van der Waals surface area contributed by atoms with Crippen LogP contribution in [0, 0.1) is 0 Å². The van der Waals surface area contributed by atoms with Crippen molar-refractivity contribution in [2.45, 2.75) is 6.18 Å². The fourth-order valence-electron chi connectivity index (χ4n) is 1.97. The first-order valence-corrected chi connectivity index (χ1v) is 6.42. The molecule has 2 rings (SSSR count). The number of benzene rings is 1. The third-order valence-corrected chi connectivity index (χ3v) is 3.39. The molecule has 0 spiro atoms. The van der Waals surface area contributed by atoms with E-state index in [-0.39, 0.29) is 16.3 Å². The number of rotatable bonds is 2. The molecule has 0 aliphatic carbocycles. The molecule has 0 bridgehead atoms. The predicted octanol–water partition coefficient (Wildman–Crippen LogP) is 2.02. The quantitative estimate of drug-likeness (QED) is 0.513. The van der Waals surface area contributed by atoms with E-state index in [1.807, 2.05) is 0 Å². The minimum atomic E-state index is -4.83. The molecule has 0 saturated carbocycles. The van der Waals surface area contributed by atoms with Crippen LogP contribution in [0.3, 0.4) is 0 Å². The second-order valence-electron chi connectivity index (χ2n) is 4.49. The van der Waals surface area contributed by atoms with Crippen LogP contribution in [0.15, 0.2) is 39.0 Å². The molecule has 6 nitrogen and oxygen atoms in total. The van der Waals surface area contributed by atoms with Gasteiger partial charge >= 0.3 is 11.9 Å². The molecule has 0 aliphatic rings. The largest absolute Gasteiger partial charge is 0.431 e. The Balaban J connectivity index is 2.76. The Morgan fingerprint density at radius 3 is 2.48 bits per heavy atom. The zero-order chi connectivity index (χ0) is 17.4. The van der Waals surface area contributed by atoms with E-state index < -0.39 is 23.1 Å². The van der Waals surface area contributed by atoms with Gasteiger partial charge in [0.1, 0.15) is 5.69 Å². The number of nitrogens with zero attached hydrogens (tertiary/aromatic N) is 3. The first-order valence-electron chi connectivity index (χ1n) is 6.04. The molecule has 1 aromatic carbocycles. The van der Waals surface area contributed by atoms with Crippen LogP contribution in [-0.2, 0) is 13.2 Å². The maximum Gasteiger partial charge on any atom is 0.431 e. The van der Waals surface area contributed by atoms with E-state index >= 15 is 0 Å². The highest BCUT2D eigenvalue weighted by atomic mass is 35.5. The lowest BCUT2D eigenvalue weighted by Gasteiger charge is -2.14. The molecule has 122 valence electrons. The van der Waals surface area contributed by atoms with E-state index in [0.717, 1.165) is 13.3 Å². The van der Waals surface area contributed by atoms with Crippen molar-refractivity contribution in [3.63, 3.8) is 0 Å². The van der Waals surface area contributed by atoms with Gasteiger partial charge in [-0.15, -0.1) is 0 Å². The van der Waals surface area contributed by atoms with Crippen molar-refractivity contribution < 1.29 is 18.4 Å². The van der Waals surface area contributed by atoms with E-state index in [1.54, 1.807) is 0 Å². The van der Waals surface area contributed by atoms with Crippen LogP contribution < -0.4 is 11.2 Å². The van der Waals surface area contributed by atoms with Gasteiger partial charge in [0.25, 0.3) is 5.56 Å². The number of oxime groups is 1. The number of alkyl halides is 3. The summed E-state index contributed by atoms with van der Waals surface area (Å²) in [7, 11) is 0.910. The highest BCUT2D eigenvalue weighted by Gasteiger charge is 2.35. The molecular weight excluding hydrogens is 339 g/mol. The third-order valence-electron chi connectivity index (χ3n) is 3.05. The molecular formula is C13H9ClF3N3O3. The van der Waals surface area contributed by atoms with Gasteiger partial charge in [-0.1, -0.05) is 16.8 Å². The van der Waals surface area contributed by atoms with Crippen molar-refractivity contribution in [3.8, 4) is 5.69 Å². The van der Waals surface area contributed by atoms with Crippen molar-refractivity contribution in [2.24, 2.45) is 12.2 Å². The minimum absolute atomic E-state index is 0.0105. The second-order valence-corrected chi connectivity index (χ2v) is 4.90. The fraction of sp³-hybridized carbons (Fsp3) is 0.154. The van der Waals surface area contributed by atoms with Gasteiger partial charge in [-0.25, -0.2) is 9.36 Å². The number of hydrogen-bond acceptors (Lipinski definition) is 4. The Morgan fingerprint density at radius 2 is 1.91 bits per heavy atom. The van der Waals surface area contributed by atoms with Gasteiger partial charge in [0.15, 0.2) is 0 Å². The zero-order valence-electron chi connectivity index (χ0n) is 11.5. The molecule has 2 aromatic rings. The Labute approximate surface area is 131 Å². The molecule has 0 unspecified atom stereocenters. The molecule has 0 saturated heterocycles. The standard InChI is InChI=1S/C13H9ClF3N3O3/c1-19-10(13(15,16)17)5-11(21)20(12(19)22)8-2-3-9(14)7(4-8)6-18-23/h2-6,23H,1H3. The van der Waals surface area contributed by atoms with E-state index in [4.69, 9.17) is 16.8 Å². The molecule has 23 heavy (non-hydrogen) atoms. The fourth-order valence-corrected chi connectivity index (χ4v) is 2.13. The number of halogens is 4. The molecule has 1 heterocycles. The van der Waals surface area contributed by atoms with Crippen LogP contribution in [0.2, 0.25) is 5.02 Å². The lowest BCUT2D eigenvalue weighted by molar-refractivity contribution is -0.144. The molecule has 0 amide bonds. The zero-order valence-corrected chi connectivity index (χ0v) is 12.3. The van der Waals surface area contributed by atoms with Crippen molar-refractivity contribution in [2.75, 3.05) is 0 Å². The van der Waals surface area contributed by atoms with E-state index in [2.05, 4.69) is 5.16 Å². The normalized spacial score (nSPS) is 12.0. The second kappa shape index (κ2) is 5.92. The minimum Gasteiger partial charge on any atom is -0.411 e. The Morgan fingerprint density at radius 1 is 1.26 bits per heavy atom. The van der Waals surface area contributed by atoms with Crippen molar-refractivity contribution in [3.05, 3.63) is 61.4 Å². The van der Waals surface area contributed by atoms with Gasteiger partial charge in [0.2, 0.25) is 0 Å². The van der Waals surface area contributed by atoms with Gasteiger partial charge in [-0.05, 0) is 18.2 Å². The number of hydrogen-bond donors (Lipinski definition) is 1. The predicted molar refractivity (Wildman–Crippen MR) is 76.7 cm³/mol. The van der Waals surface area contributed by atoms with Gasteiger partial charge in [0.05, 0.1) is 11.9 Å². The first kappa shape index (κ1) is 16.8. The van der Waals surface area contributed by atoms with Crippen molar-refractivity contribution >= 4 is 17.8 Å². The van der Waals surface area contributed by atoms with Gasteiger partial charge in [-0.3, -0.25) is 9.36 Å². The van der Waals surface area contributed by atoms with E-state index in [1.165, 1.54) is 18.2 Å². The number of aromatic nitrogens is 2. The Bertz CT molecular complexity index is 900. The van der Waals surface area contributed by atoms with E-state index in [0.29, 0.717) is 15.2 Å². The first-order chi connectivity index (χ1) is 10.7. The molecule has 0 radical (unpaired) electrons. The summed E-state index contributed by atoms with van der Waals surface area (Å²) < 4.78 is 39.3. The van der Waals surface area contributed by atoms with E-state index in [9.17, 15) is 22.8 Å². The molecule has 0 fully saturated rings. The maximum absolute atomic E-state index is 12.8. The van der Waals surface area contributed by atoms with Gasteiger partial charge in [-0.2, -0.15) is 13.2 Å². The average Bonchev–Trinajstić information content (AvgIpc) is 2.45. The monoisotopic (exact) mass is 347 g/mol. The Kier molecular flexibility index (Phi) is 4.33. The molecule has 1 N–H and O–H groups in total. The summed E-state index contributed by atoms with van der Waals surface area (Å²) in [4.78, 5) is 24.1. The van der Waals surface area contributed by atoms with Crippen LogP contribution >= 0.6 is 11.6 Å². The summed E-state index contributed by atoms with van der Waals surface area (Å²) in [6, 6.07) is 4.17. The molecule has 0 atom stereocenters. The maximum atomic E-state index is 12.8. The molecule has 1 aromatic heterocycles. The topological polar surface area (TPSA) is 76.6 Å².